The van der Waals surface area contributed by atoms with Gasteiger partial charge >= 0.3 is 0 Å². The van der Waals surface area contributed by atoms with Gasteiger partial charge in [-0.1, -0.05) is 18.3 Å². The molecule has 2 aromatic rings. The summed E-state index contributed by atoms with van der Waals surface area (Å²) in [6, 6.07) is 5.59. The largest absolute Gasteiger partial charge is 0.473 e. The predicted octanol–water partition coefficient (Wildman–Crippen LogP) is 2.53. The number of hydrogen-bond acceptors (Lipinski definition) is 5. The van der Waals surface area contributed by atoms with Gasteiger partial charge in [-0.25, -0.2) is 4.98 Å². The Hall–Kier alpha value is -1.66. The number of benzene rings is 1. The summed E-state index contributed by atoms with van der Waals surface area (Å²) in [7, 11) is 3.17. The molecule has 1 aromatic carbocycles. The van der Waals surface area contributed by atoms with Crippen molar-refractivity contribution in [3.63, 3.8) is 0 Å². The minimum atomic E-state index is -0.184. The highest BCUT2D eigenvalue weighted by molar-refractivity contribution is 7.20. The monoisotopic (exact) mass is 280 g/mol. The molecule has 2 rings (SSSR count). The first-order valence-electron chi connectivity index (χ1n) is 5.88. The van der Waals surface area contributed by atoms with Gasteiger partial charge < -0.3 is 14.8 Å². The number of amides is 1. The summed E-state index contributed by atoms with van der Waals surface area (Å²) in [5, 5.41) is 3.48. The molecule has 6 heteroatoms. The Morgan fingerprint density at radius 3 is 2.95 bits per heavy atom. The minimum Gasteiger partial charge on any atom is -0.473 e. The Balaban J connectivity index is 2.14. The summed E-state index contributed by atoms with van der Waals surface area (Å²) in [6.07, 6.45) is 0. The summed E-state index contributed by atoms with van der Waals surface area (Å²) >= 11 is 1.45. The van der Waals surface area contributed by atoms with Gasteiger partial charge in [0.25, 0.3) is 5.19 Å². The normalized spacial score (nSPS) is 12.4. The zero-order valence-corrected chi connectivity index (χ0v) is 11.9. The second-order valence-corrected chi connectivity index (χ2v) is 5.21. The number of nitrogens with zero attached hydrogens (tertiary/aromatic N) is 1. The number of thiazole rings is 1. The molecule has 5 nitrogen and oxygen atoms in total. The van der Waals surface area contributed by atoms with Crippen molar-refractivity contribution >= 4 is 33.1 Å². The maximum absolute atomic E-state index is 11.9. The lowest BCUT2D eigenvalue weighted by Crippen LogP contribution is -2.23. The van der Waals surface area contributed by atoms with E-state index in [0.717, 1.165) is 15.9 Å². The van der Waals surface area contributed by atoms with E-state index in [1.165, 1.54) is 11.3 Å². The number of anilines is 1. The van der Waals surface area contributed by atoms with Crippen molar-refractivity contribution in [1.29, 1.82) is 0 Å². The lowest BCUT2D eigenvalue weighted by atomic mass is 10.2. The molecule has 0 spiro atoms. The number of carbonyl (C=O) groups excluding carboxylic acids is 1. The van der Waals surface area contributed by atoms with Crippen molar-refractivity contribution in [3.8, 4) is 5.19 Å². The van der Waals surface area contributed by atoms with Crippen molar-refractivity contribution in [2.24, 2.45) is 5.92 Å². The fraction of sp³-hybridized carbons (Fsp3) is 0.385. The number of carbonyl (C=O) groups is 1. The van der Waals surface area contributed by atoms with Gasteiger partial charge in [0.1, 0.15) is 0 Å². The van der Waals surface area contributed by atoms with Crippen LogP contribution in [0.25, 0.3) is 10.2 Å². The van der Waals surface area contributed by atoms with E-state index in [2.05, 4.69) is 10.3 Å². The molecule has 0 radical (unpaired) electrons. The van der Waals surface area contributed by atoms with Crippen LogP contribution < -0.4 is 10.1 Å². The number of rotatable bonds is 5. The molecule has 0 aliphatic rings. The zero-order valence-electron chi connectivity index (χ0n) is 11.1. The number of aromatic nitrogens is 1. The van der Waals surface area contributed by atoms with Crippen molar-refractivity contribution in [3.05, 3.63) is 18.2 Å². The molecule has 0 bridgehead atoms. The van der Waals surface area contributed by atoms with Gasteiger partial charge in [0.2, 0.25) is 5.91 Å². The smallest absolute Gasteiger partial charge is 0.274 e. The van der Waals surface area contributed by atoms with Crippen LogP contribution in [0.3, 0.4) is 0 Å². The quantitative estimate of drug-likeness (QED) is 0.914. The van der Waals surface area contributed by atoms with Gasteiger partial charge in [0.15, 0.2) is 0 Å². The highest BCUT2D eigenvalue weighted by atomic mass is 32.1. The molecule has 1 heterocycles. The average Bonchev–Trinajstić information content (AvgIpc) is 2.81. The topological polar surface area (TPSA) is 60.5 Å². The number of ether oxygens (including phenoxy) is 2. The number of nitrogens with one attached hydrogen (secondary N) is 1. The second-order valence-electron chi connectivity index (χ2n) is 4.21. The zero-order chi connectivity index (χ0) is 13.8. The van der Waals surface area contributed by atoms with Crippen LogP contribution in [0.4, 0.5) is 5.69 Å². The Morgan fingerprint density at radius 1 is 1.47 bits per heavy atom. The van der Waals surface area contributed by atoms with Gasteiger partial charge in [-0.2, -0.15) is 0 Å². The van der Waals surface area contributed by atoms with Crippen LogP contribution in [0, 0.1) is 5.92 Å². The Labute approximate surface area is 115 Å². The number of hydrogen-bond donors (Lipinski definition) is 1. The standard InChI is InChI=1S/C13H16N2O3S/c1-8(7-17-2)12(16)14-9-4-5-10-11(6-9)19-13(15-10)18-3/h4-6,8H,7H2,1-3H3,(H,14,16). The van der Waals surface area contributed by atoms with Crippen LogP contribution >= 0.6 is 11.3 Å². The van der Waals surface area contributed by atoms with Crippen LogP contribution in [-0.4, -0.2) is 31.7 Å². The molecule has 102 valence electrons. The first kappa shape index (κ1) is 13.8. The van der Waals surface area contributed by atoms with E-state index in [-0.39, 0.29) is 11.8 Å². The molecular weight excluding hydrogens is 264 g/mol. The SMILES string of the molecule is COCC(C)C(=O)Nc1ccc2nc(OC)sc2c1. The van der Waals surface area contributed by atoms with Gasteiger partial charge in [0.05, 0.1) is 29.9 Å². The molecule has 1 N–H and O–H groups in total. The maximum atomic E-state index is 11.9. The third-order valence-corrected chi connectivity index (χ3v) is 3.65. The third kappa shape index (κ3) is 3.21. The summed E-state index contributed by atoms with van der Waals surface area (Å²) in [5.74, 6) is -0.241. The van der Waals surface area contributed by atoms with Crippen molar-refractivity contribution in [2.45, 2.75) is 6.92 Å². The lowest BCUT2D eigenvalue weighted by molar-refractivity contribution is -0.120. The van der Waals surface area contributed by atoms with E-state index in [9.17, 15) is 4.79 Å². The van der Waals surface area contributed by atoms with E-state index >= 15 is 0 Å². The molecule has 0 aliphatic heterocycles. The summed E-state index contributed by atoms with van der Waals surface area (Å²) in [5.41, 5.74) is 1.62. The molecule has 0 saturated carbocycles. The van der Waals surface area contributed by atoms with E-state index < -0.39 is 0 Å². The van der Waals surface area contributed by atoms with Gasteiger partial charge in [0, 0.05) is 12.8 Å². The minimum absolute atomic E-state index is 0.0577. The van der Waals surface area contributed by atoms with Gasteiger partial charge in [-0.3, -0.25) is 4.79 Å². The van der Waals surface area contributed by atoms with Crippen molar-refractivity contribution in [2.75, 3.05) is 26.1 Å². The Kier molecular flexibility index (Phi) is 4.34. The summed E-state index contributed by atoms with van der Waals surface area (Å²) in [6.45, 7) is 2.23. The molecule has 1 amide bonds. The van der Waals surface area contributed by atoms with Crippen LogP contribution in [0.15, 0.2) is 18.2 Å². The van der Waals surface area contributed by atoms with E-state index in [0.29, 0.717) is 11.8 Å². The molecule has 0 fully saturated rings. The molecule has 1 atom stereocenters. The highest BCUT2D eigenvalue weighted by Gasteiger charge is 2.13. The number of fused-ring (bicyclic) bond motifs is 1. The highest BCUT2D eigenvalue weighted by Crippen LogP contribution is 2.29. The Bertz CT molecular complexity index is 582. The van der Waals surface area contributed by atoms with Crippen molar-refractivity contribution < 1.29 is 14.3 Å². The van der Waals surface area contributed by atoms with Crippen molar-refractivity contribution in [1.82, 2.24) is 4.98 Å². The Morgan fingerprint density at radius 2 is 2.26 bits per heavy atom. The maximum Gasteiger partial charge on any atom is 0.274 e. The number of methoxy groups -OCH3 is 2. The first-order chi connectivity index (χ1) is 9.13. The first-order valence-corrected chi connectivity index (χ1v) is 6.70. The molecule has 19 heavy (non-hydrogen) atoms. The fourth-order valence-corrected chi connectivity index (χ4v) is 2.48. The molecular formula is C13H16N2O3S. The van der Waals surface area contributed by atoms with E-state index in [1.807, 2.05) is 25.1 Å². The molecule has 1 aromatic heterocycles. The summed E-state index contributed by atoms with van der Waals surface area (Å²) < 4.78 is 11.0. The van der Waals surface area contributed by atoms with Crippen LogP contribution in [0.2, 0.25) is 0 Å². The summed E-state index contributed by atoms with van der Waals surface area (Å²) in [4.78, 5) is 16.2. The average molecular weight is 280 g/mol. The van der Waals surface area contributed by atoms with Crippen LogP contribution in [0.1, 0.15) is 6.92 Å². The van der Waals surface area contributed by atoms with E-state index in [4.69, 9.17) is 9.47 Å². The second kappa shape index (κ2) is 5.99. The third-order valence-electron chi connectivity index (χ3n) is 2.68. The predicted molar refractivity (Wildman–Crippen MR) is 75.8 cm³/mol. The van der Waals surface area contributed by atoms with Crippen LogP contribution in [0.5, 0.6) is 5.19 Å². The van der Waals surface area contributed by atoms with Gasteiger partial charge in [-0.05, 0) is 18.2 Å². The molecule has 0 saturated heterocycles. The van der Waals surface area contributed by atoms with Crippen LogP contribution in [-0.2, 0) is 9.53 Å². The van der Waals surface area contributed by atoms with E-state index in [1.54, 1.807) is 14.2 Å². The molecule has 1 unspecified atom stereocenters. The molecule has 0 aliphatic carbocycles. The van der Waals surface area contributed by atoms with Gasteiger partial charge in [-0.15, -0.1) is 0 Å². The fourth-order valence-electron chi connectivity index (χ4n) is 1.66. The lowest BCUT2D eigenvalue weighted by Gasteiger charge is -2.10.